The number of aryl methyl sites for hydroxylation is 1. The summed E-state index contributed by atoms with van der Waals surface area (Å²) in [6, 6.07) is 27.4. The van der Waals surface area contributed by atoms with Gasteiger partial charge in [-0.1, -0.05) is 54.3 Å². The number of aromatic amines is 2. The number of methoxy groups -OCH3 is 1. The number of nitrogens with zero attached hydrogens (tertiary/aromatic N) is 1. The summed E-state index contributed by atoms with van der Waals surface area (Å²) in [5.41, 5.74) is 7.48. The van der Waals surface area contributed by atoms with Crippen molar-refractivity contribution in [2.45, 2.75) is 145 Å². The van der Waals surface area contributed by atoms with Crippen molar-refractivity contribution in [3.63, 3.8) is 0 Å². The van der Waals surface area contributed by atoms with Crippen molar-refractivity contribution in [3.8, 4) is 51.8 Å². The number of para-hydroxylation sites is 1. The second-order valence-corrected chi connectivity index (χ2v) is 26.6. The Kier molecular flexibility index (Phi) is 17.0. The van der Waals surface area contributed by atoms with E-state index in [4.69, 9.17) is 14.2 Å². The van der Waals surface area contributed by atoms with E-state index in [0.29, 0.717) is 64.2 Å². The van der Waals surface area contributed by atoms with Crippen LogP contribution in [0.2, 0.25) is 0 Å². The Labute approximate surface area is 523 Å². The van der Waals surface area contributed by atoms with Gasteiger partial charge in [0.05, 0.1) is 54.4 Å². The number of carbonyl (C=O) groups excluding carboxylic acids is 3. The highest BCUT2D eigenvalue weighted by molar-refractivity contribution is 5.95. The molecular formula is C73H82N4O13. The summed E-state index contributed by atoms with van der Waals surface area (Å²) in [6.07, 6.45) is 8.30. The number of Topliss-reactive ketones (excluding diaryl/α,β-unsaturated/α-hetero) is 1. The number of allylic oxidation sites excluding steroid dienone is 1. The number of rotatable bonds is 14. The summed E-state index contributed by atoms with van der Waals surface area (Å²) in [7, 11) is 1.52. The molecule has 4 aromatic carbocycles. The molecule has 13 rings (SSSR count). The summed E-state index contributed by atoms with van der Waals surface area (Å²) in [6.45, 7) is 1.45. The first-order valence-corrected chi connectivity index (χ1v) is 32.3. The highest BCUT2D eigenvalue weighted by Gasteiger charge is 2.70. The van der Waals surface area contributed by atoms with E-state index in [0.717, 1.165) is 66.7 Å². The molecule has 3 saturated carbocycles. The standard InChI is InChI=1S/C73H82N4O13/c1-41(81)59-21-23-68(77-62-24-25-74-61(62)37-63(77)43-9-7-10-45(82)30-43)73(76-59)40-72(58(39-80)56(73)13-8-26-78)38-44-31-55-52-35-65(86)66(88-2)36-53(52)54(70(44)51-20-18-46(83)34-57(51)72)33-47(84)32-48(19-16-42-17-22-64(85)67(29-42)89-28-27-79)90-69(87)15-6-4-12-50-49-11-3-5-14-60(49)75-71(50)55/h3,5,7,9-11,14,17,22,24-25,29-31,35-37,39,41,44,46,48,51,54,56-59,68,70,74-76,78-79,81-83,85-86H,8,12-13,15-16,18-21,23,26-28,32-34,38,40H2,1-2H3. The van der Waals surface area contributed by atoms with Crippen LogP contribution >= 0.6 is 0 Å². The fourth-order valence-corrected chi connectivity index (χ4v) is 18.3. The Balaban J connectivity index is 1.01. The van der Waals surface area contributed by atoms with Gasteiger partial charge in [0.25, 0.3) is 0 Å². The second kappa shape index (κ2) is 25.1. The maximum Gasteiger partial charge on any atom is 0.318 e. The molecule has 4 fully saturated rings. The van der Waals surface area contributed by atoms with Crippen LogP contribution in [0.25, 0.3) is 38.8 Å². The van der Waals surface area contributed by atoms with Gasteiger partial charge in [-0.15, -0.1) is 0 Å². The topological polar surface area (TPSA) is 269 Å². The number of aliphatic hydroxyl groups excluding tert-OH is 4. The van der Waals surface area contributed by atoms with E-state index in [-0.39, 0.29) is 128 Å². The zero-order valence-corrected chi connectivity index (χ0v) is 51.1. The third-order valence-corrected chi connectivity index (χ3v) is 21.7. The molecule has 7 aromatic rings. The number of phenols is 3. The molecule has 2 spiro atoms. The number of aldehydes is 1. The molecule has 472 valence electrons. The Bertz CT molecular complexity index is 3940. The molecule has 17 heteroatoms. The normalized spacial score (nSPS) is 29.5. The summed E-state index contributed by atoms with van der Waals surface area (Å²) in [5.74, 6) is 3.54. The molecular weight excluding hydrogens is 1140 g/mol. The van der Waals surface area contributed by atoms with E-state index in [1.54, 1.807) is 30.3 Å². The number of phenolic OH excluding ortho intramolecular Hbond substituents is 3. The zero-order valence-electron chi connectivity index (χ0n) is 51.1. The summed E-state index contributed by atoms with van der Waals surface area (Å²) >= 11 is 0. The Morgan fingerprint density at radius 1 is 0.878 bits per heavy atom. The Hall–Kier alpha value is -7.85. The van der Waals surface area contributed by atoms with Gasteiger partial charge >= 0.3 is 5.97 Å². The molecule has 4 aliphatic carbocycles. The van der Waals surface area contributed by atoms with Gasteiger partial charge in [-0.25, -0.2) is 0 Å². The van der Waals surface area contributed by atoms with Crippen molar-refractivity contribution in [3.05, 3.63) is 131 Å². The molecule has 90 heavy (non-hydrogen) atoms. The lowest BCUT2D eigenvalue weighted by Crippen LogP contribution is -2.64. The maximum atomic E-state index is 15.7. The number of piperidine rings is 1. The van der Waals surface area contributed by atoms with Crippen molar-refractivity contribution < 1.29 is 64.3 Å². The number of hydrogen-bond donors (Lipinski definition) is 10. The third kappa shape index (κ3) is 10.9. The van der Waals surface area contributed by atoms with Gasteiger partial charge in [0, 0.05) is 71.6 Å². The molecule has 1 saturated heterocycles. The molecule has 2 bridgehead atoms. The van der Waals surface area contributed by atoms with Crippen LogP contribution in [-0.2, 0) is 32.0 Å². The largest absolute Gasteiger partial charge is 0.508 e. The molecule has 17 nitrogen and oxygen atoms in total. The highest BCUT2D eigenvalue weighted by atomic mass is 16.5. The number of fused-ring (bicyclic) bond motifs is 10. The lowest BCUT2D eigenvalue weighted by molar-refractivity contribution is -0.149. The predicted molar refractivity (Wildman–Crippen MR) is 340 cm³/mol. The van der Waals surface area contributed by atoms with Crippen LogP contribution < -0.4 is 14.8 Å². The molecule has 0 radical (unpaired) electrons. The smallest absolute Gasteiger partial charge is 0.318 e. The minimum Gasteiger partial charge on any atom is -0.508 e. The molecule has 0 amide bonds. The second-order valence-electron chi connectivity index (χ2n) is 26.6. The van der Waals surface area contributed by atoms with Gasteiger partial charge in [-0.2, -0.15) is 0 Å². The molecule has 10 N–H and O–H groups in total. The highest BCUT2D eigenvalue weighted by Crippen LogP contribution is 2.72. The maximum absolute atomic E-state index is 15.7. The van der Waals surface area contributed by atoms with Crippen LogP contribution in [0.5, 0.6) is 28.7 Å². The van der Waals surface area contributed by atoms with Crippen molar-refractivity contribution in [1.29, 1.82) is 0 Å². The number of aliphatic hydroxyl groups is 4. The third-order valence-electron chi connectivity index (χ3n) is 21.7. The Morgan fingerprint density at radius 2 is 1.72 bits per heavy atom. The van der Waals surface area contributed by atoms with Gasteiger partial charge in [0.2, 0.25) is 0 Å². The number of ketones is 1. The fraction of sp³-hybridized carbons (Fsp3) is 0.466. The van der Waals surface area contributed by atoms with Crippen LogP contribution in [0.15, 0.2) is 103 Å². The number of cyclic esters (lactones) is 1. The molecule has 14 atom stereocenters. The van der Waals surface area contributed by atoms with E-state index in [2.05, 4.69) is 49.9 Å². The molecule has 14 unspecified atom stereocenters. The van der Waals surface area contributed by atoms with Gasteiger partial charge < -0.3 is 74.6 Å². The van der Waals surface area contributed by atoms with Crippen LogP contribution in [0.3, 0.4) is 0 Å². The summed E-state index contributed by atoms with van der Waals surface area (Å²) < 4.78 is 20.2. The number of aromatic hydroxyl groups is 3. The lowest BCUT2D eigenvalue weighted by Gasteiger charge is -2.59. The summed E-state index contributed by atoms with van der Waals surface area (Å²) in [5, 5.41) is 83.2. The van der Waals surface area contributed by atoms with Crippen molar-refractivity contribution in [2.24, 2.45) is 40.9 Å². The minimum atomic E-state index is -0.889. The van der Waals surface area contributed by atoms with Crippen molar-refractivity contribution >= 4 is 45.5 Å². The average molecular weight is 1220 g/mol. The average Bonchev–Trinajstić information content (AvgIpc) is 1.50. The van der Waals surface area contributed by atoms with E-state index in [9.17, 15) is 40.5 Å². The number of esters is 1. The minimum absolute atomic E-state index is 0.0196. The van der Waals surface area contributed by atoms with E-state index < -0.39 is 47.1 Å². The van der Waals surface area contributed by atoms with Gasteiger partial charge in [-0.3, -0.25) is 9.59 Å². The van der Waals surface area contributed by atoms with Gasteiger partial charge in [0.1, 0.15) is 37.0 Å². The quantitative estimate of drug-likeness (QED) is 0.0276. The first-order valence-electron chi connectivity index (χ1n) is 32.3. The van der Waals surface area contributed by atoms with E-state index in [1.807, 2.05) is 55.6 Å². The summed E-state index contributed by atoms with van der Waals surface area (Å²) in [4.78, 5) is 52.0. The van der Waals surface area contributed by atoms with Crippen LogP contribution in [0.4, 0.5) is 0 Å². The lowest BCUT2D eigenvalue weighted by atomic mass is 9.45. The number of carbonyl (C=O) groups is 3. The number of hydrogen-bond acceptors (Lipinski definition) is 14. The molecule has 6 aliphatic rings. The predicted octanol–water partition coefficient (Wildman–Crippen LogP) is 10.1. The molecule has 3 aromatic heterocycles. The monoisotopic (exact) mass is 1220 g/mol. The molecule has 5 heterocycles. The Morgan fingerprint density at radius 3 is 2.52 bits per heavy atom. The van der Waals surface area contributed by atoms with Crippen LogP contribution in [0, 0.1) is 52.8 Å². The van der Waals surface area contributed by atoms with Gasteiger partial charge in [0.15, 0.2) is 23.0 Å². The number of benzene rings is 4. The van der Waals surface area contributed by atoms with Crippen LogP contribution in [-0.4, -0.2) is 125 Å². The SMILES string of the molecule is COc1cc2c(cc1O)C1=CC3CC4(CC5(NC(C(C)O)CCC5n5c(-c6cccc(O)c6)cc6[nH]ccc65)C(CCCO)C4C=O)C4CC(O)CCC4C3C2CC(=O)CC(CCc2ccc(O)c(OCCO)c2)OC(=O)CC#CCc2c1[nH]c1ccccc21. The van der Waals surface area contributed by atoms with Crippen LogP contribution in [0.1, 0.15) is 130 Å². The number of ether oxygens (including phenoxy) is 3. The number of aromatic nitrogens is 3. The van der Waals surface area contributed by atoms with E-state index >= 15 is 9.59 Å². The van der Waals surface area contributed by atoms with Gasteiger partial charge in [-0.05, 0) is 195 Å². The van der Waals surface area contributed by atoms with Crippen molar-refractivity contribution in [1.82, 2.24) is 19.9 Å². The zero-order chi connectivity index (χ0) is 62.6. The molecule has 2 aliphatic heterocycles. The fourth-order valence-electron chi connectivity index (χ4n) is 18.3. The number of nitrogens with one attached hydrogen (secondary N) is 3. The first kappa shape index (κ1) is 61.0. The van der Waals surface area contributed by atoms with Crippen molar-refractivity contribution in [2.75, 3.05) is 26.9 Å². The van der Waals surface area contributed by atoms with E-state index in [1.165, 1.54) is 19.5 Å². The number of H-pyrrole nitrogens is 2. The first-order chi connectivity index (χ1) is 43.6.